The standard InChI is InChI=1S/C26H41NO4/c1-6-7-8-9-11-14-22(27(29)30)15-12-10-13-17-26(5)18-16-23-21(4)24(28)19(2)20(3)25(23)31-26/h15,28H,6-14,16-18H2,1-5H3/b22-15-. The first kappa shape index (κ1) is 25.2. The summed E-state index contributed by atoms with van der Waals surface area (Å²) >= 11 is 0. The highest BCUT2D eigenvalue weighted by molar-refractivity contribution is 5.58. The molecule has 1 N–H and O–H groups in total. The highest BCUT2D eigenvalue weighted by Crippen LogP contribution is 2.44. The van der Waals surface area contributed by atoms with Gasteiger partial charge in [-0.05, 0) is 95.4 Å². The number of rotatable bonds is 12. The number of aromatic hydroxyl groups is 1. The maximum Gasteiger partial charge on any atom is 0.242 e. The fraction of sp³-hybridized carbons (Fsp3) is 0.692. The molecule has 0 amide bonds. The van der Waals surface area contributed by atoms with Crippen molar-refractivity contribution in [1.82, 2.24) is 0 Å². The molecule has 0 aromatic heterocycles. The molecule has 0 spiro atoms. The van der Waals surface area contributed by atoms with E-state index < -0.39 is 0 Å². The Morgan fingerprint density at radius 2 is 1.81 bits per heavy atom. The van der Waals surface area contributed by atoms with Crippen molar-refractivity contribution in [2.75, 3.05) is 0 Å². The van der Waals surface area contributed by atoms with Crippen molar-refractivity contribution in [3.63, 3.8) is 0 Å². The molecule has 0 saturated carbocycles. The van der Waals surface area contributed by atoms with E-state index in [1.165, 1.54) is 19.3 Å². The molecular weight excluding hydrogens is 390 g/mol. The number of allylic oxidation sites excluding steroid dienone is 2. The van der Waals surface area contributed by atoms with Gasteiger partial charge < -0.3 is 9.84 Å². The molecule has 0 fully saturated rings. The maximum absolute atomic E-state index is 11.3. The van der Waals surface area contributed by atoms with E-state index in [0.717, 1.165) is 79.4 Å². The minimum absolute atomic E-state index is 0.203. The lowest BCUT2D eigenvalue weighted by atomic mass is 9.84. The van der Waals surface area contributed by atoms with Crippen molar-refractivity contribution in [2.45, 2.75) is 117 Å². The van der Waals surface area contributed by atoms with Gasteiger partial charge in [-0.3, -0.25) is 10.1 Å². The lowest BCUT2D eigenvalue weighted by Crippen LogP contribution is -2.37. The fourth-order valence-electron chi connectivity index (χ4n) is 4.56. The number of nitrogens with zero attached hydrogens (tertiary/aromatic N) is 1. The van der Waals surface area contributed by atoms with Crippen LogP contribution in [-0.4, -0.2) is 15.6 Å². The van der Waals surface area contributed by atoms with Gasteiger partial charge in [-0.15, -0.1) is 0 Å². The summed E-state index contributed by atoms with van der Waals surface area (Å²) in [5.74, 6) is 1.34. The van der Waals surface area contributed by atoms with Crippen molar-refractivity contribution in [1.29, 1.82) is 0 Å². The van der Waals surface area contributed by atoms with Gasteiger partial charge in [-0.25, -0.2) is 0 Å². The third-order valence-electron chi connectivity index (χ3n) is 6.90. The van der Waals surface area contributed by atoms with E-state index in [1.807, 2.05) is 26.8 Å². The molecule has 1 aromatic carbocycles. The molecule has 31 heavy (non-hydrogen) atoms. The predicted octanol–water partition coefficient (Wildman–Crippen LogP) is 7.48. The minimum atomic E-state index is -0.220. The number of phenols is 1. The van der Waals surface area contributed by atoms with Crippen LogP contribution in [-0.2, 0) is 6.42 Å². The van der Waals surface area contributed by atoms with E-state index in [-0.39, 0.29) is 10.5 Å². The molecule has 1 aromatic rings. The van der Waals surface area contributed by atoms with E-state index in [4.69, 9.17) is 4.74 Å². The van der Waals surface area contributed by atoms with Gasteiger partial charge in [0.25, 0.3) is 0 Å². The number of hydrogen-bond acceptors (Lipinski definition) is 4. The second kappa shape index (κ2) is 11.5. The SMILES string of the molecule is CCCCCCC/C(=C/CCCCC1(C)CCc2c(C)c(O)c(C)c(C)c2O1)[N+](=O)[O-]. The Morgan fingerprint density at radius 1 is 1.10 bits per heavy atom. The van der Waals surface area contributed by atoms with Gasteiger partial charge >= 0.3 is 0 Å². The van der Waals surface area contributed by atoms with Gasteiger partial charge in [0.15, 0.2) is 0 Å². The molecule has 0 bridgehead atoms. The van der Waals surface area contributed by atoms with Crippen LogP contribution in [0.1, 0.15) is 107 Å². The van der Waals surface area contributed by atoms with Crippen LogP contribution >= 0.6 is 0 Å². The zero-order valence-electron chi connectivity index (χ0n) is 20.2. The topological polar surface area (TPSA) is 72.6 Å². The number of unbranched alkanes of at least 4 members (excludes halogenated alkanes) is 6. The highest BCUT2D eigenvalue weighted by Gasteiger charge is 2.34. The lowest BCUT2D eigenvalue weighted by Gasteiger charge is -2.38. The van der Waals surface area contributed by atoms with Gasteiger partial charge in [0.2, 0.25) is 5.70 Å². The molecule has 1 unspecified atom stereocenters. The predicted molar refractivity (Wildman–Crippen MR) is 127 cm³/mol. The van der Waals surface area contributed by atoms with Gasteiger partial charge in [0.05, 0.1) is 4.92 Å². The van der Waals surface area contributed by atoms with E-state index in [1.54, 1.807) is 0 Å². The highest BCUT2D eigenvalue weighted by atomic mass is 16.6. The summed E-state index contributed by atoms with van der Waals surface area (Å²) in [5, 5.41) is 21.6. The van der Waals surface area contributed by atoms with Crippen molar-refractivity contribution < 1.29 is 14.8 Å². The number of benzene rings is 1. The summed E-state index contributed by atoms with van der Waals surface area (Å²) in [6, 6.07) is 0. The van der Waals surface area contributed by atoms with Crippen LogP contribution in [0, 0.1) is 30.9 Å². The summed E-state index contributed by atoms with van der Waals surface area (Å²) in [5.41, 5.74) is 4.16. The summed E-state index contributed by atoms with van der Waals surface area (Å²) in [4.78, 5) is 11.1. The van der Waals surface area contributed by atoms with Gasteiger partial charge in [-0.2, -0.15) is 0 Å². The second-order valence-corrected chi connectivity index (χ2v) is 9.45. The van der Waals surface area contributed by atoms with Crippen molar-refractivity contribution in [3.8, 4) is 11.5 Å². The summed E-state index contributed by atoms with van der Waals surface area (Å²) in [6.45, 7) is 10.3. The summed E-state index contributed by atoms with van der Waals surface area (Å²) in [7, 11) is 0. The zero-order chi connectivity index (χ0) is 23.0. The molecule has 0 aliphatic carbocycles. The van der Waals surface area contributed by atoms with Gasteiger partial charge in [0, 0.05) is 12.0 Å². The quantitative estimate of drug-likeness (QED) is 0.211. The van der Waals surface area contributed by atoms with Crippen LogP contribution in [0.15, 0.2) is 11.8 Å². The molecule has 5 nitrogen and oxygen atoms in total. The van der Waals surface area contributed by atoms with Crippen molar-refractivity contribution >= 4 is 0 Å². The number of ether oxygens (including phenoxy) is 1. The average Bonchev–Trinajstić information content (AvgIpc) is 2.74. The molecule has 1 aliphatic heterocycles. The first-order valence-corrected chi connectivity index (χ1v) is 12.0. The van der Waals surface area contributed by atoms with Gasteiger partial charge in [-0.1, -0.05) is 32.6 Å². The average molecular weight is 432 g/mol. The third kappa shape index (κ3) is 6.72. The number of hydrogen-bond donors (Lipinski definition) is 1. The van der Waals surface area contributed by atoms with Crippen LogP contribution in [0.25, 0.3) is 0 Å². The first-order valence-electron chi connectivity index (χ1n) is 12.0. The first-order chi connectivity index (χ1) is 14.7. The van der Waals surface area contributed by atoms with Crippen LogP contribution < -0.4 is 4.74 Å². The Morgan fingerprint density at radius 3 is 2.48 bits per heavy atom. The fourth-order valence-corrected chi connectivity index (χ4v) is 4.56. The lowest BCUT2D eigenvalue weighted by molar-refractivity contribution is -0.428. The van der Waals surface area contributed by atoms with E-state index in [2.05, 4.69) is 13.8 Å². The normalized spacial score (nSPS) is 18.5. The number of nitro groups is 1. The summed E-state index contributed by atoms with van der Waals surface area (Å²) < 4.78 is 6.48. The maximum atomic E-state index is 11.3. The molecule has 1 aliphatic rings. The van der Waals surface area contributed by atoms with Crippen molar-refractivity contribution in [3.05, 3.63) is 44.1 Å². The third-order valence-corrected chi connectivity index (χ3v) is 6.90. The Kier molecular flexibility index (Phi) is 9.39. The largest absolute Gasteiger partial charge is 0.507 e. The second-order valence-electron chi connectivity index (χ2n) is 9.45. The van der Waals surface area contributed by atoms with Crippen LogP contribution in [0.2, 0.25) is 0 Å². The molecule has 1 atom stereocenters. The Balaban J connectivity index is 1.85. The molecule has 0 radical (unpaired) electrons. The molecule has 1 heterocycles. The van der Waals surface area contributed by atoms with E-state index in [9.17, 15) is 15.2 Å². The minimum Gasteiger partial charge on any atom is -0.507 e. The van der Waals surface area contributed by atoms with Crippen LogP contribution in [0.4, 0.5) is 0 Å². The zero-order valence-corrected chi connectivity index (χ0v) is 20.2. The number of fused-ring (bicyclic) bond motifs is 1. The van der Waals surface area contributed by atoms with Crippen LogP contribution in [0.5, 0.6) is 11.5 Å². The summed E-state index contributed by atoms with van der Waals surface area (Å²) in [6.07, 6.45) is 13.4. The van der Waals surface area contributed by atoms with E-state index in [0.29, 0.717) is 17.9 Å². The van der Waals surface area contributed by atoms with Crippen LogP contribution in [0.3, 0.4) is 0 Å². The Bertz CT molecular complexity index is 799. The molecule has 5 heteroatoms. The Hall–Kier alpha value is -2.04. The number of phenolic OH excluding ortho intramolecular Hbond substituents is 1. The molecule has 174 valence electrons. The Labute approximate surface area is 188 Å². The van der Waals surface area contributed by atoms with Crippen molar-refractivity contribution in [2.24, 2.45) is 0 Å². The smallest absolute Gasteiger partial charge is 0.242 e. The van der Waals surface area contributed by atoms with E-state index >= 15 is 0 Å². The van der Waals surface area contributed by atoms with Gasteiger partial charge in [0.1, 0.15) is 17.1 Å². The molecule has 2 rings (SSSR count). The molecular formula is C26H41NO4. The molecule has 0 saturated heterocycles. The monoisotopic (exact) mass is 431 g/mol.